The predicted molar refractivity (Wildman–Crippen MR) is 111 cm³/mol. The summed E-state index contributed by atoms with van der Waals surface area (Å²) >= 11 is 5.89. The summed E-state index contributed by atoms with van der Waals surface area (Å²) in [6, 6.07) is 12.9. The highest BCUT2D eigenvalue weighted by molar-refractivity contribution is 6.30. The number of hydrogen-bond acceptors (Lipinski definition) is 6. The van der Waals surface area contributed by atoms with Crippen LogP contribution in [0, 0.1) is 0 Å². The molecule has 1 aromatic heterocycles. The Morgan fingerprint density at radius 1 is 1.14 bits per heavy atom. The van der Waals surface area contributed by atoms with E-state index in [1.165, 1.54) is 0 Å². The van der Waals surface area contributed by atoms with E-state index in [0.29, 0.717) is 53.7 Å². The Morgan fingerprint density at radius 2 is 1.90 bits per heavy atom. The van der Waals surface area contributed by atoms with E-state index in [1.807, 2.05) is 30.3 Å². The van der Waals surface area contributed by atoms with E-state index in [0.717, 1.165) is 11.1 Å². The number of nitrogens with zero attached hydrogens (tertiary/aromatic N) is 3. The van der Waals surface area contributed by atoms with Gasteiger partial charge >= 0.3 is 0 Å². The average Bonchev–Trinajstić information content (AvgIpc) is 3.21. The van der Waals surface area contributed by atoms with Gasteiger partial charge in [-0.05, 0) is 42.0 Å². The summed E-state index contributed by atoms with van der Waals surface area (Å²) < 4.78 is 15.8. The molecular weight excluding hydrogens is 394 g/mol. The maximum atomic E-state index is 5.93. The molecule has 0 saturated carbocycles. The zero-order valence-electron chi connectivity index (χ0n) is 16.2. The van der Waals surface area contributed by atoms with Gasteiger partial charge in [-0.2, -0.15) is 4.98 Å². The second-order valence-corrected chi connectivity index (χ2v) is 6.52. The first-order valence-electron chi connectivity index (χ1n) is 8.92. The zero-order chi connectivity index (χ0) is 20.6. The SMILES string of the molecule is COc1ccc(CN=C(N)NCCc2nc(-c3ccc(Cl)cc3)no2)cc1OC. The van der Waals surface area contributed by atoms with Crippen molar-refractivity contribution in [2.45, 2.75) is 13.0 Å². The van der Waals surface area contributed by atoms with Crippen LogP contribution in [0.25, 0.3) is 11.4 Å². The minimum absolute atomic E-state index is 0.331. The first kappa shape index (κ1) is 20.5. The second kappa shape index (κ2) is 9.79. The van der Waals surface area contributed by atoms with Crippen molar-refractivity contribution >= 4 is 17.6 Å². The van der Waals surface area contributed by atoms with E-state index in [1.54, 1.807) is 26.4 Å². The number of ether oxygens (including phenoxy) is 2. The maximum absolute atomic E-state index is 5.93. The van der Waals surface area contributed by atoms with E-state index in [4.69, 9.17) is 31.3 Å². The van der Waals surface area contributed by atoms with Crippen molar-refractivity contribution in [3.8, 4) is 22.9 Å². The van der Waals surface area contributed by atoms with Crippen molar-refractivity contribution in [3.63, 3.8) is 0 Å². The van der Waals surface area contributed by atoms with Crippen LogP contribution in [0.4, 0.5) is 0 Å². The van der Waals surface area contributed by atoms with E-state index < -0.39 is 0 Å². The third-order valence-electron chi connectivity index (χ3n) is 4.10. The van der Waals surface area contributed by atoms with Crippen LogP contribution in [0.5, 0.6) is 11.5 Å². The van der Waals surface area contributed by atoms with E-state index in [2.05, 4.69) is 20.4 Å². The maximum Gasteiger partial charge on any atom is 0.228 e. The fourth-order valence-electron chi connectivity index (χ4n) is 2.58. The predicted octanol–water partition coefficient (Wildman–Crippen LogP) is 3.05. The Hall–Kier alpha value is -3.26. The Morgan fingerprint density at radius 3 is 2.62 bits per heavy atom. The minimum atomic E-state index is 0.331. The lowest BCUT2D eigenvalue weighted by molar-refractivity contribution is 0.354. The first-order chi connectivity index (χ1) is 14.1. The molecule has 0 aliphatic carbocycles. The summed E-state index contributed by atoms with van der Waals surface area (Å²) in [5.74, 6) is 2.68. The second-order valence-electron chi connectivity index (χ2n) is 6.09. The Kier molecular flexibility index (Phi) is 6.91. The number of guanidine groups is 1. The van der Waals surface area contributed by atoms with Gasteiger partial charge in [0, 0.05) is 23.6 Å². The van der Waals surface area contributed by atoms with Crippen LogP contribution in [0.2, 0.25) is 5.02 Å². The number of nitrogens with two attached hydrogens (primary N) is 1. The zero-order valence-corrected chi connectivity index (χ0v) is 16.9. The van der Waals surface area contributed by atoms with Gasteiger partial charge in [0.25, 0.3) is 0 Å². The van der Waals surface area contributed by atoms with Crippen molar-refractivity contribution in [1.82, 2.24) is 15.5 Å². The van der Waals surface area contributed by atoms with Gasteiger partial charge in [0.05, 0.1) is 20.8 Å². The lowest BCUT2D eigenvalue weighted by atomic mass is 10.2. The summed E-state index contributed by atoms with van der Waals surface area (Å²) in [5, 5.41) is 7.67. The Labute approximate surface area is 173 Å². The molecular formula is C20H22ClN5O3. The van der Waals surface area contributed by atoms with Crippen LogP contribution in [0.15, 0.2) is 52.0 Å². The topological polar surface area (TPSA) is 108 Å². The number of nitrogens with one attached hydrogen (secondary N) is 1. The lowest BCUT2D eigenvalue weighted by Crippen LogP contribution is -2.33. The minimum Gasteiger partial charge on any atom is -0.493 e. The van der Waals surface area contributed by atoms with Crippen molar-refractivity contribution in [2.24, 2.45) is 10.7 Å². The molecule has 0 bridgehead atoms. The normalized spacial score (nSPS) is 11.3. The highest BCUT2D eigenvalue weighted by Crippen LogP contribution is 2.27. The molecule has 0 unspecified atom stereocenters. The van der Waals surface area contributed by atoms with Crippen LogP contribution in [0.3, 0.4) is 0 Å². The van der Waals surface area contributed by atoms with Gasteiger partial charge in [-0.1, -0.05) is 22.8 Å². The Bertz CT molecular complexity index is 973. The summed E-state index contributed by atoms with van der Waals surface area (Å²) in [7, 11) is 3.19. The number of aliphatic imine (C=N–C) groups is 1. The molecule has 3 rings (SSSR count). The molecule has 152 valence electrons. The molecule has 9 heteroatoms. The molecule has 0 aliphatic rings. The van der Waals surface area contributed by atoms with Crippen LogP contribution in [0.1, 0.15) is 11.5 Å². The van der Waals surface area contributed by atoms with Crippen molar-refractivity contribution in [1.29, 1.82) is 0 Å². The molecule has 3 aromatic rings. The smallest absolute Gasteiger partial charge is 0.228 e. The average molecular weight is 416 g/mol. The number of benzene rings is 2. The summed E-state index contributed by atoms with van der Waals surface area (Å²) in [4.78, 5) is 8.69. The lowest BCUT2D eigenvalue weighted by Gasteiger charge is -2.09. The number of methoxy groups -OCH3 is 2. The third kappa shape index (κ3) is 5.61. The molecule has 0 amide bonds. The van der Waals surface area contributed by atoms with Gasteiger partial charge in [0.1, 0.15) is 0 Å². The standard InChI is InChI=1S/C20H22ClN5O3/c1-27-16-8-3-13(11-17(16)28-2)12-24-20(22)23-10-9-18-25-19(26-29-18)14-4-6-15(21)7-5-14/h3-8,11H,9-10,12H2,1-2H3,(H3,22,23,24). The molecule has 1 heterocycles. The molecule has 29 heavy (non-hydrogen) atoms. The highest BCUT2D eigenvalue weighted by atomic mass is 35.5. The van der Waals surface area contributed by atoms with Gasteiger partial charge in [0.2, 0.25) is 11.7 Å². The molecule has 0 aliphatic heterocycles. The fraction of sp³-hybridized carbons (Fsp3) is 0.250. The van der Waals surface area contributed by atoms with Crippen LogP contribution < -0.4 is 20.5 Å². The number of rotatable bonds is 8. The van der Waals surface area contributed by atoms with Crippen LogP contribution in [-0.4, -0.2) is 36.9 Å². The van der Waals surface area contributed by atoms with Crippen LogP contribution >= 0.6 is 11.6 Å². The highest BCUT2D eigenvalue weighted by Gasteiger charge is 2.09. The summed E-state index contributed by atoms with van der Waals surface area (Å²) in [6.45, 7) is 0.935. The Balaban J connectivity index is 1.49. The number of halogens is 1. The van der Waals surface area contributed by atoms with Gasteiger partial charge in [0.15, 0.2) is 17.5 Å². The van der Waals surface area contributed by atoms with Gasteiger partial charge < -0.3 is 25.0 Å². The van der Waals surface area contributed by atoms with Crippen molar-refractivity contribution < 1.29 is 14.0 Å². The quantitative estimate of drug-likeness (QED) is 0.430. The molecule has 0 saturated heterocycles. The van der Waals surface area contributed by atoms with E-state index in [-0.39, 0.29) is 0 Å². The fourth-order valence-corrected chi connectivity index (χ4v) is 2.71. The largest absolute Gasteiger partial charge is 0.493 e. The van der Waals surface area contributed by atoms with Gasteiger partial charge in [-0.3, -0.25) is 0 Å². The monoisotopic (exact) mass is 415 g/mol. The van der Waals surface area contributed by atoms with Gasteiger partial charge in [-0.25, -0.2) is 4.99 Å². The third-order valence-corrected chi connectivity index (χ3v) is 4.35. The molecule has 2 aromatic carbocycles. The van der Waals surface area contributed by atoms with E-state index in [9.17, 15) is 0 Å². The van der Waals surface area contributed by atoms with Crippen molar-refractivity contribution in [2.75, 3.05) is 20.8 Å². The van der Waals surface area contributed by atoms with Crippen molar-refractivity contribution in [3.05, 3.63) is 58.9 Å². The first-order valence-corrected chi connectivity index (χ1v) is 9.30. The number of hydrogen-bond donors (Lipinski definition) is 2. The van der Waals surface area contributed by atoms with Crippen LogP contribution in [-0.2, 0) is 13.0 Å². The summed E-state index contributed by atoms with van der Waals surface area (Å²) in [5.41, 5.74) is 7.72. The molecule has 3 N–H and O–H groups in total. The molecule has 0 fully saturated rings. The molecule has 0 spiro atoms. The molecule has 8 nitrogen and oxygen atoms in total. The molecule has 0 radical (unpaired) electrons. The molecule has 0 atom stereocenters. The summed E-state index contributed by atoms with van der Waals surface area (Å²) in [6.07, 6.45) is 0.521. The van der Waals surface area contributed by atoms with E-state index >= 15 is 0 Å². The van der Waals surface area contributed by atoms with Gasteiger partial charge in [-0.15, -0.1) is 0 Å². The number of aromatic nitrogens is 2.